The van der Waals surface area contributed by atoms with Gasteiger partial charge in [-0.3, -0.25) is 10.1 Å². The number of thiazole rings is 1. The van der Waals surface area contributed by atoms with Crippen molar-refractivity contribution < 1.29 is 19.0 Å². The zero-order valence-corrected chi connectivity index (χ0v) is 16.8. The van der Waals surface area contributed by atoms with E-state index in [1.54, 1.807) is 29.8 Å². The van der Waals surface area contributed by atoms with Gasteiger partial charge in [-0.1, -0.05) is 18.2 Å². The van der Waals surface area contributed by atoms with Gasteiger partial charge in [0.1, 0.15) is 22.8 Å². The average Bonchev–Trinajstić information content (AvgIpc) is 3.33. The molecule has 0 radical (unpaired) electrons. The number of hydrogen-bond donors (Lipinski definition) is 1. The smallest absolute Gasteiger partial charge is 0.265 e. The Hall–Kier alpha value is -3.59. The largest absolute Gasteiger partial charge is 0.497 e. The van der Waals surface area contributed by atoms with Crippen LogP contribution in [0.2, 0.25) is 0 Å². The minimum absolute atomic E-state index is 0.193. The normalized spacial score (nSPS) is 10.7. The van der Waals surface area contributed by atoms with Crippen molar-refractivity contribution in [2.45, 2.75) is 0 Å². The fraction of sp³-hybridized carbons (Fsp3) is 0.150. The minimum atomic E-state index is -0.416. The van der Waals surface area contributed by atoms with Crippen LogP contribution in [-0.4, -0.2) is 41.8 Å². The highest BCUT2D eigenvalue weighted by Gasteiger charge is 2.20. The van der Waals surface area contributed by atoms with E-state index < -0.39 is 5.91 Å². The number of fused-ring (bicyclic) bond motifs is 1. The number of carbonyl (C=O) groups excluding carboxylic acids is 1. The molecule has 2 aromatic heterocycles. The van der Waals surface area contributed by atoms with E-state index in [4.69, 9.17) is 14.2 Å². The Bertz CT molecular complexity index is 1160. The van der Waals surface area contributed by atoms with Gasteiger partial charge in [0, 0.05) is 10.9 Å². The zero-order valence-electron chi connectivity index (χ0n) is 16.0. The van der Waals surface area contributed by atoms with Crippen molar-refractivity contribution in [3.8, 4) is 28.5 Å². The number of carbonyl (C=O) groups is 1. The van der Waals surface area contributed by atoms with Crippen molar-refractivity contribution >= 4 is 28.2 Å². The average molecular weight is 410 g/mol. The molecule has 29 heavy (non-hydrogen) atoms. The van der Waals surface area contributed by atoms with Crippen LogP contribution in [0.1, 0.15) is 10.4 Å². The third kappa shape index (κ3) is 3.47. The Morgan fingerprint density at radius 2 is 1.76 bits per heavy atom. The van der Waals surface area contributed by atoms with Gasteiger partial charge in [-0.15, -0.1) is 16.4 Å². The molecule has 0 aliphatic carbocycles. The molecule has 148 valence electrons. The number of ether oxygens (including phenoxy) is 3. The molecule has 1 amide bonds. The number of methoxy groups -OCH3 is 3. The minimum Gasteiger partial charge on any atom is -0.497 e. The van der Waals surface area contributed by atoms with E-state index in [1.807, 2.05) is 29.6 Å². The predicted octanol–water partition coefficient (Wildman–Crippen LogP) is 3.74. The highest BCUT2D eigenvalue weighted by molar-refractivity contribution is 7.15. The molecule has 2 heterocycles. The van der Waals surface area contributed by atoms with E-state index in [1.165, 1.54) is 25.6 Å². The first-order valence-corrected chi connectivity index (χ1v) is 9.53. The Labute approximate surface area is 170 Å². The highest BCUT2D eigenvalue weighted by Crippen LogP contribution is 2.30. The quantitative estimate of drug-likeness (QED) is 0.521. The Balaban J connectivity index is 1.67. The lowest BCUT2D eigenvalue weighted by Gasteiger charge is -2.11. The molecule has 0 saturated carbocycles. The van der Waals surface area contributed by atoms with Crippen LogP contribution in [0.15, 0.2) is 47.8 Å². The van der Waals surface area contributed by atoms with Gasteiger partial charge in [0.15, 0.2) is 0 Å². The summed E-state index contributed by atoms with van der Waals surface area (Å²) >= 11 is 1.43. The van der Waals surface area contributed by atoms with Crippen molar-refractivity contribution in [3.05, 3.63) is 53.4 Å². The topological polar surface area (TPSA) is 87.0 Å². The molecule has 2 aromatic carbocycles. The molecule has 4 rings (SSSR count). The third-order valence-electron chi connectivity index (χ3n) is 4.33. The first-order chi connectivity index (χ1) is 14.1. The lowest BCUT2D eigenvalue weighted by atomic mass is 10.1. The summed E-state index contributed by atoms with van der Waals surface area (Å²) < 4.78 is 17.6. The van der Waals surface area contributed by atoms with Crippen LogP contribution in [-0.2, 0) is 0 Å². The van der Waals surface area contributed by atoms with Crippen molar-refractivity contribution in [1.29, 1.82) is 0 Å². The number of aromatic nitrogens is 3. The summed E-state index contributed by atoms with van der Waals surface area (Å²) in [6, 6.07) is 12.8. The van der Waals surface area contributed by atoms with E-state index in [2.05, 4.69) is 15.4 Å². The Morgan fingerprint density at radius 1 is 1.03 bits per heavy atom. The summed E-state index contributed by atoms with van der Waals surface area (Å²) in [7, 11) is 4.62. The lowest BCUT2D eigenvalue weighted by molar-refractivity contribution is 0.102. The molecular formula is C20H18N4O4S. The standard InChI is InChI=1S/C20H18N4O4S/c1-26-13-7-4-6-12(10-13)14-11-29-20-22-19(23-24(14)20)21-18(25)17-15(27-2)8-5-9-16(17)28-3/h4-11H,1-3H3,(H,21,23,25). The SMILES string of the molecule is COc1cccc(-c2csc3nc(NC(=O)c4c(OC)cccc4OC)nn23)c1. The molecule has 4 aromatic rings. The van der Waals surface area contributed by atoms with Gasteiger partial charge >= 0.3 is 0 Å². The summed E-state index contributed by atoms with van der Waals surface area (Å²) in [6.45, 7) is 0. The fourth-order valence-electron chi connectivity index (χ4n) is 2.95. The highest BCUT2D eigenvalue weighted by atomic mass is 32.1. The van der Waals surface area contributed by atoms with Gasteiger partial charge < -0.3 is 14.2 Å². The predicted molar refractivity (Wildman–Crippen MR) is 110 cm³/mol. The summed E-state index contributed by atoms with van der Waals surface area (Å²) in [5.41, 5.74) is 2.07. The Kier molecular flexibility index (Phi) is 5.05. The molecule has 0 fully saturated rings. The molecular weight excluding hydrogens is 392 g/mol. The number of benzene rings is 2. The van der Waals surface area contributed by atoms with E-state index >= 15 is 0 Å². The number of nitrogens with zero attached hydrogens (tertiary/aromatic N) is 3. The van der Waals surface area contributed by atoms with Gasteiger partial charge in [-0.25, -0.2) is 4.52 Å². The van der Waals surface area contributed by atoms with Gasteiger partial charge in [-0.05, 0) is 24.3 Å². The van der Waals surface area contributed by atoms with E-state index in [9.17, 15) is 4.79 Å². The van der Waals surface area contributed by atoms with Crippen molar-refractivity contribution in [2.24, 2.45) is 0 Å². The molecule has 0 aliphatic rings. The second-order valence-corrected chi connectivity index (χ2v) is 6.81. The van der Waals surface area contributed by atoms with Gasteiger partial charge in [0.25, 0.3) is 11.9 Å². The Morgan fingerprint density at radius 3 is 2.45 bits per heavy atom. The van der Waals surface area contributed by atoms with Gasteiger partial charge in [-0.2, -0.15) is 4.98 Å². The molecule has 9 heteroatoms. The monoisotopic (exact) mass is 410 g/mol. The summed E-state index contributed by atoms with van der Waals surface area (Å²) in [5, 5.41) is 9.12. The van der Waals surface area contributed by atoms with Crippen molar-refractivity contribution in [3.63, 3.8) is 0 Å². The molecule has 0 bridgehead atoms. The first kappa shape index (κ1) is 18.8. The molecule has 8 nitrogen and oxygen atoms in total. The second kappa shape index (κ2) is 7.80. The zero-order chi connectivity index (χ0) is 20.4. The number of hydrogen-bond acceptors (Lipinski definition) is 7. The van der Waals surface area contributed by atoms with Crippen LogP contribution >= 0.6 is 11.3 Å². The van der Waals surface area contributed by atoms with E-state index in [-0.39, 0.29) is 11.5 Å². The maximum absolute atomic E-state index is 12.8. The fourth-order valence-corrected chi connectivity index (χ4v) is 3.79. The third-order valence-corrected chi connectivity index (χ3v) is 5.14. The maximum Gasteiger partial charge on any atom is 0.265 e. The first-order valence-electron chi connectivity index (χ1n) is 8.65. The summed E-state index contributed by atoms with van der Waals surface area (Å²) in [4.78, 5) is 17.9. The number of rotatable bonds is 6. The van der Waals surface area contributed by atoms with Crippen LogP contribution in [0.5, 0.6) is 17.2 Å². The van der Waals surface area contributed by atoms with Crippen molar-refractivity contribution in [1.82, 2.24) is 14.6 Å². The summed E-state index contributed by atoms with van der Waals surface area (Å²) in [6.07, 6.45) is 0. The molecule has 0 aliphatic heterocycles. The van der Waals surface area contributed by atoms with Crippen molar-refractivity contribution in [2.75, 3.05) is 26.6 Å². The maximum atomic E-state index is 12.8. The molecule has 0 unspecified atom stereocenters. The molecule has 0 atom stereocenters. The van der Waals surface area contributed by atoms with E-state index in [0.29, 0.717) is 16.5 Å². The van der Waals surface area contributed by atoms with E-state index in [0.717, 1.165) is 17.0 Å². The number of anilines is 1. The lowest BCUT2D eigenvalue weighted by Crippen LogP contribution is -2.15. The number of amides is 1. The van der Waals surface area contributed by atoms with Crippen LogP contribution in [0.3, 0.4) is 0 Å². The second-order valence-electron chi connectivity index (χ2n) is 5.97. The summed E-state index contributed by atoms with van der Waals surface area (Å²) in [5.74, 6) is 1.33. The molecule has 0 spiro atoms. The van der Waals surface area contributed by atoms with Gasteiger partial charge in [0.05, 0.1) is 27.0 Å². The van der Waals surface area contributed by atoms with Crippen LogP contribution in [0, 0.1) is 0 Å². The molecule has 0 saturated heterocycles. The molecule has 1 N–H and O–H groups in total. The van der Waals surface area contributed by atoms with Crippen LogP contribution in [0.4, 0.5) is 5.95 Å². The van der Waals surface area contributed by atoms with Gasteiger partial charge in [0.2, 0.25) is 4.96 Å². The van der Waals surface area contributed by atoms with Crippen LogP contribution in [0.25, 0.3) is 16.2 Å². The number of nitrogens with one attached hydrogen (secondary N) is 1. The van der Waals surface area contributed by atoms with Crippen LogP contribution < -0.4 is 19.5 Å².